The Bertz CT molecular complexity index is 2780. The number of halogens is 4. The van der Waals surface area contributed by atoms with Crippen molar-refractivity contribution in [3.8, 4) is 0 Å². The van der Waals surface area contributed by atoms with E-state index < -0.39 is 161 Å². The molecule has 504 valence electrons. The highest BCUT2D eigenvalue weighted by molar-refractivity contribution is 6.31. The van der Waals surface area contributed by atoms with E-state index in [2.05, 4.69) is 16.0 Å². The summed E-state index contributed by atoms with van der Waals surface area (Å²) < 4.78 is 41.3. The molecule has 8 atom stereocenters. The molecule has 11 amide bonds. The molecule has 2 saturated heterocycles. The van der Waals surface area contributed by atoms with Crippen LogP contribution in [0.1, 0.15) is 156 Å². The van der Waals surface area contributed by atoms with Crippen molar-refractivity contribution in [3.63, 3.8) is 0 Å². The molecule has 2 heterocycles. The maximum atomic E-state index is 15.0. The van der Waals surface area contributed by atoms with Crippen LogP contribution in [-0.4, -0.2) is 228 Å². The average Bonchev–Trinajstić information content (AvgIpc) is 0.995. The number of likely N-dealkylation sites (N-methyl/N-ethyl adjacent to an activating group) is 7. The molecule has 0 unspecified atom stereocenters. The van der Waals surface area contributed by atoms with E-state index in [-0.39, 0.29) is 69.7 Å². The zero-order valence-electron chi connectivity index (χ0n) is 55.3. The molecule has 0 bridgehead atoms. The van der Waals surface area contributed by atoms with E-state index in [0.717, 1.165) is 58.9 Å². The first-order valence-corrected chi connectivity index (χ1v) is 32.3. The molecular formula is C64H99ClF3N11O11. The number of aryl methyl sites for hydroxylation is 1. The third kappa shape index (κ3) is 18.6. The molecule has 2 aliphatic carbocycles. The summed E-state index contributed by atoms with van der Waals surface area (Å²) in [6, 6.07) is -4.51. The van der Waals surface area contributed by atoms with Crippen molar-refractivity contribution in [2.24, 2.45) is 23.7 Å². The molecule has 26 heteroatoms. The van der Waals surface area contributed by atoms with Crippen LogP contribution in [0.15, 0.2) is 18.2 Å². The Labute approximate surface area is 534 Å². The summed E-state index contributed by atoms with van der Waals surface area (Å²) in [7, 11) is 10.1. The SMILES string of the molecule is CC[C@H](C)[C@@H]1NC(=O)[C@H](CC(C)C)N(C)C(=O)C[C@@H](C)N(C)C(=O)[C@H](C(C)C)N(C)C(=O)C2(CCC2)NC(=O)[C@@H]2CCCN2C(=O)[C@H](CCc2ccc(C(F)(F)F)c(Cl)c2)NC(=O)CN(C)C(=O)[C@H](CC2CCCCC2)N(C)C(=O)CN(C)C(=O)CN(C)C1=O. The monoisotopic (exact) mass is 1290 g/mol. The number of carbonyl (C=O) groups excluding carboxylic acids is 11. The molecule has 90 heavy (non-hydrogen) atoms. The second kappa shape index (κ2) is 32.2. The van der Waals surface area contributed by atoms with E-state index in [0.29, 0.717) is 24.8 Å². The van der Waals surface area contributed by atoms with Crippen LogP contribution in [0.4, 0.5) is 13.2 Å². The van der Waals surface area contributed by atoms with Crippen LogP contribution in [0.25, 0.3) is 0 Å². The molecular weight excluding hydrogens is 1190 g/mol. The fourth-order valence-corrected chi connectivity index (χ4v) is 13.0. The summed E-state index contributed by atoms with van der Waals surface area (Å²) in [6.07, 6.45) is 1.55. The summed E-state index contributed by atoms with van der Waals surface area (Å²) in [6.45, 7) is 11.0. The quantitative estimate of drug-likeness (QED) is 0.278. The number of nitrogens with zero attached hydrogens (tertiary/aromatic N) is 8. The Morgan fingerprint density at radius 2 is 1.27 bits per heavy atom. The van der Waals surface area contributed by atoms with Gasteiger partial charge >= 0.3 is 6.18 Å². The molecule has 1 aromatic carbocycles. The Hall–Kier alpha value is -6.53. The lowest BCUT2D eigenvalue weighted by Gasteiger charge is -2.46. The Morgan fingerprint density at radius 3 is 1.83 bits per heavy atom. The van der Waals surface area contributed by atoms with Crippen LogP contribution < -0.4 is 16.0 Å². The minimum Gasteiger partial charge on any atom is -0.343 e. The van der Waals surface area contributed by atoms with Gasteiger partial charge in [0.15, 0.2) is 0 Å². The fourth-order valence-electron chi connectivity index (χ4n) is 12.7. The number of nitrogens with one attached hydrogen (secondary N) is 3. The van der Waals surface area contributed by atoms with E-state index >= 15 is 0 Å². The second-order valence-electron chi connectivity index (χ2n) is 26.6. The predicted molar refractivity (Wildman–Crippen MR) is 332 cm³/mol. The number of hydrogen-bond acceptors (Lipinski definition) is 11. The minimum absolute atomic E-state index is 0.0342. The van der Waals surface area contributed by atoms with Gasteiger partial charge in [0.1, 0.15) is 41.8 Å². The molecule has 2 aliphatic heterocycles. The van der Waals surface area contributed by atoms with Crippen molar-refractivity contribution in [2.75, 3.05) is 75.5 Å². The number of alkyl halides is 3. The smallest absolute Gasteiger partial charge is 0.343 e. The minimum atomic E-state index is -4.74. The molecule has 3 N–H and O–H groups in total. The zero-order chi connectivity index (χ0) is 67.4. The van der Waals surface area contributed by atoms with Crippen molar-refractivity contribution >= 4 is 76.6 Å². The normalized spacial score (nSPS) is 26.3. The zero-order valence-corrected chi connectivity index (χ0v) is 56.1. The lowest BCUT2D eigenvalue weighted by atomic mass is 9.75. The number of hydrogen-bond donors (Lipinski definition) is 3. The highest BCUT2D eigenvalue weighted by atomic mass is 35.5. The van der Waals surface area contributed by atoms with E-state index in [9.17, 15) is 65.9 Å². The van der Waals surface area contributed by atoms with Crippen molar-refractivity contribution in [2.45, 2.75) is 205 Å². The maximum absolute atomic E-state index is 15.0. The average molecular weight is 1290 g/mol. The van der Waals surface area contributed by atoms with Gasteiger partial charge in [0.2, 0.25) is 65.0 Å². The number of carbonyl (C=O) groups is 11. The summed E-state index contributed by atoms with van der Waals surface area (Å²) in [5.41, 5.74) is -2.22. The van der Waals surface area contributed by atoms with Gasteiger partial charge in [0.25, 0.3) is 0 Å². The van der Waals surface area contributed by atoms with Gasteiger partial charge in [-0.15, -0.1) is 0 Å². The molecule has 4 fully saturated rings. The van der Waals surface area contributed by atoms with Gasteiger partial charge in [-0.25, -0.2) is 0 Å². The van der Waals surface area contributed by atoms with Gasteiger partial charge in [-0.2, -0.15) is 13.2 Å². The Morgan fingerprint density at radius 1 is 0.656 bits per heavy atom. The molecule has 0 radical (unpaired) electrons. The van der Waals surface area contributed by atoms with Crippen LogP contribution in [0, 0.1) is 23.7 Å². The van der Waals surface area contributed by atoms with Gasteiger partial charge in [-0.1, -0.05) is 97.7 Å². The first-order chi connectivity index (χ1) is 42.0. The topological polar surface area (TPSA) is 250 Å². The molecule has 2 saturated carbocycles. The largest absolute Gasteiger partial charge is 0.417 e. The van der Waals surface area contributed by atoms with Crippen LogP contribution in [0.2, 0.25) is 5.02 Å². The number of amides is 11. The molecule has 22 nitrogen and oxygen atoms in total. The summed E-state index contributed by atoms with van der Waals surface area (Å²) >= 11 is 6.10. The van der Waals surface area contributed by atoms with Crippen LogP contribution in [0.3, 0.4) is 0 Å². The predicted octanol–water partition coefficient (Wildman–Crippen LogP) is 5.12. The van der Waals surface area contributed by atoms with Crippen molar-refractivity contribution in [1.29, 1.82) is 0 Å². The molecule has 5 rings (SSSR count). The third-order valence-corrected chi connectivity index (χ3v) is 19.3. The van der Waals surface area contributed by atoms with Crippen LogP contribution >= 0.6 is 11.6 Å². The molecule has 0 aromatic heterocycles. The molecule has 1 aromatic rings. The second-order valence-corrected chi connectivity index (χ2v) is 27.0. The van der Waals surface area contributed by atoms with Gasteiger partial charge in [0, 0.05) is 68.3 Å². The third-order valence-electron chi connectivity index (χ3n) is 19.0. The van der Waals surface area contributed by atoms with Crippen molar-refractivity contribution < 1.29 is 65.9 Å². The van der Waals surface area contributed by atoms with Crippen molar-refractivity contribution in [3.05, 3.63) is 34.3 Å². The van der Waals surface area contributed by atoms with Gasteiger partial charge in [0.05, 0.1) is 30.2 Å². The van der Waals surface area contributed by atoms with Gasteiger partial charge < -0.3 is 55.1 Å². The van der Waals surface area contributed by atoms with E-state index in [4.69, 9.17) is 11.6 Å². The van der Waals surface area contributed by atoms with E-state index in [1.165, 1.54) is 79.9 Å². The first kappa shape index (κ1) is 74.2. The highest BCUT2D eigenvalue weighted by Gasteiger charge is 2.52. The number of benzene rings is 1. The maximum Gasteiger partial charge on any atom is 0.417 e. The summed E-state index contributed by atoms with van der Waals surface area (Å²) in [5, 5.41) is 8.02. The van der Waals surface area contributed by atoms with E-state index in [1.54, 1.807) is 27.7 Å². The van der Waals surface area contributed by atoms with E-state index in [1.807, 2.05) is 20.8 Å². The highest BCUT2D eigenvalue weighted by Crippen LogP contribution is 2.38. The standard InChI is InChI=1S/C64H99ClF3N11O11/c1-15-40(6)54-60(88)74(10)36-52(82)72(8)37-53(83)77(13)49(34-42-21-17-16-18-22-42)59(87)73(9)35-50(80)69-46(27-25-43-24-26-44(45(65)33-43)64(66,67)68)58(86)79-30-19-23-47(79)57(85)71-63(28-20-29-63)62(90)78(14)55(39(4)5)61(89)75(11)41(7)32-51(81)76(12)48(31-38(2)3)56(84)70-54/h24,26,33,38-42,46-49,54-55H,15-23,25,27-32,34-37H2,1-14H3,(H,69,80)(H,70,84)(H,71,85)/t40-,41+,46-,47-,48-,49-,54-,55-/m0/s1. The lowest BCUT2D eigenvalue weighted by Crippen LogP contribution is -2.68. The summed E-state index contributed by atoms with van der Waals surface area (Å²) in [5.74, 6) is -7.69. The lowest BCUT2D eigenvalue weighted by molar-refractivity contribution is -0.155. The number of fused-ring (bicyclic) bond motifs is 1. The first-order valence-electron chi connectivity index (χ1n) is 31.9. The van der Waals surface area contributed by atoms with Crippen molar-refractivity contribution in [1.82, 2.24) is 55.1 Å². The Balaban J connectivity index is 1.54. The molecule has 1 spiro atoms. The van der Waals surface area contributed by atoms with Gasteiger partial charge in [-0.05, 0) is 106 Å². The Kier molecular flexibility index (Phi) is 26.5. The summed E-state index contributed by atoms with van der Waals surface area (Å²) in [4.78, 5) is 169. The molecule has 4 aliphatic rings. The number of rotatable bonds is 10. The van der Waals surface area contributed by atoms with Gasteiger partial charge in [-0.3, -0.25) is 52.7 Å². The van der Waals surface area contributed by atoms with Crippen LogP contribution in [-0.2, 0) is 65.3 Å². The van der Waals surface area contributed by atoms with Crippen LogP contribution in [0.5, 0.6) is 0 Å². The fraction of sp³-hybridized carbons (Fsp3) is 0.734.